The number of hydrogen-bond acceptors (Lipinski definition) is 4. The van der Waals surface area contributed by atoms with Crippen molar-refractivity contribution in [3.63, 3.8) is 0 Å². The Labute approximate surface area is 166 Å². The van der Waals surface area contributed by atoms with Crippen LogP contribution in [0.5, 0.6) is 5.75 Å². The topological polar surface area (TPSA) is 67.9 Å². The zero-order valence-electron chi connectivity index (χ0n) is 17.1. The van der Waals surface area contributed by atoms with Crippen molar-refractivity contribution in [2.24, 2.45) is 0 Å². The van der Waals surface area contributed by atoms with Crippen molar-refractivity contribution in [2.75, 3.05) is 14.2 Å². The summed E-state index contributed by atoms with van der Waals surface area (Å²) in [7, 11) is 3.15. The molecule has 0 radical (unpaired) electrons. The largest absolute Gasteiger partial charge is 0.496 e. The molecule has 0 atom stereocenters. The number of carbonyl (C=O) groups is 2. The van der Waals surface area contributed by atoms with E-state index in [2.05, 4.69) is 19.3 Å². The van der Waals surface area contributed by atoms with Gasteiger partial charge in [-0.25, -0.2) is 10.2 Å². The highest BCUT2D eigenvalue weighted by atomic mass is 16.6. The van der Waals surface area contributed by atoms with E-state index in [9.17, 15) is 9.59 Å². The van der Waals surface area contributed by atoms with Gasteiger partial charge in [0, 0.05) is 7.05 Å². The molecule has 0 heterocycles. The van der Waals surface area contributed by atoms with Gasteiger partial charge in [-0.15, -0.1) is 0 Å². The molecule has 0 saturated heterocycles. The van der Waals surface area contributed by atoms with E-state index in [-0.39, 0.29) is 24.9 Å². The molecule has 0 saturated carbocycles. The van der Waals surface area contributed by atoms with E-state index >= 15 is 0 Å². The highest BCUT2D eigenvalue weighted by molar-refractivity contribution is 5.81. The summed E-state index contributed by atoms with van der Waals surface area (Å²) in [5.41, 5.74) is 6.24. The number of carbonyl (C=O) groups excluding carboxylic acids is 2. The summed E-state index contributed by atoms with van der Waals surface area (Å²) in [5, 5.41) is 1.16. The van der Waals surface area contributed by atoms with E-state index < -0.39 is 6.09 Å². The molecule has 0 spiro atoms. The molecule has 28 heavy (non-hydrogen) atoms. The highest BCUT2D eigenvalue weighted by Crippen LogP contribution is 2.29. The van der Waals surface area contributed by atoms with Gasteiger partial charge in [-0.2, -0.15) is 0 Å². The summed E-state index contributed by atoms with van der Waals surface area (Å²) in [6.07, 6.45) is -0.501. The van der Waals surface area contributed by atoms with Gasteiger partial charge in [0.15, 0.2) is 0 Å². The fraction of sp³-hybridized carbons (Fsp3) is 0.364. The minimum absolute atomic E-state index is 0.143. The minimum atomic E-state index is -0.672. The first-order valence-electron chi connectivity index (χ1n) is 9.23. The summed E-state index contributed by atoms with van der Waals surface area (Å²) in [6, 6.07) is 13.3. The number of aryl methyl sites for hydroxylation is 1. The molecule has 0 aliphatic rings. The predicted octanol–water partition coefficient (Wildman–Crippen LogP) is 3.97. The van der Waals surface area contributed by atoms with Crippen LogP contribution in [0, 0.1) is 6.92 Å². The van der Waals surface area contributed by atoms with Crippen LogP contribution in [-0.2, 0) is 22.6 Å². The Kier molecular flexibility index (Phi) is 7.44. The maximum Gasteiger partial charge on any atom is 0.426 e. The Morgan fingerprint density at radius 3 is 2.43 bits per heavy atom. The SMILES string of the molecule is COc1cc(C)c(CC(=O)N(C)NC(=O)OCc2ccccc2)cc1C(C)C. The number of nitrogens with zero attached hydrogens (tertiary/aromatic N) is 1. The number of hydrogen-bond donors (Lipinski definition) is 1. The average molecular weight is 384 g/mol. The summed E-state index contributed by atoms with van der Waals surface area (Å²) in [4.78, 5) is 24.5. The summed E-state index contributed by atoms with van der Waals surface area (Å²) in [6.45, 7) is 6.24. The second kappa shape index (κ2) is 9.78. The van der Waals surface area contributed by atoms with Crippen molar-refractivity contribution < 1.29 is 19.1 Å². The zero-order valence-corrected chi connectivity index (χ0v) is 17.1. The molecule has 6 heteroatoms. The van der Waals surface area contributed by atoms with Crippen LogP contribution in [0.25, 0.3) is 0 Å². The third kappa shape index (κ3) is 5.74. The summed E-state index contributed by atoms with van der Waals surface area (Å²) >= 11 is 0. The first-order chi connectivity index (χ1) is 13.3. The molecule has 2 amide bonds. The maximum atomic E-state index is 12.5. The third-order valence-corrected chi connectivity index (χ3v) is 4.50. The summed E-state index contributed by atoms with van der Waals surface area (Å²) in [5.74, 6) is 0.854. The van der Waals surface area contributed by atoms with Crippen molar-refractivity contribution >= 4 is 12.0 Å². The molecule has 2 aromatic carbocycles. The van der Waals surface area contributed by atoms with Crippen molar-refractivity contribution in [3.05, 3.63) is 64.7 Å². The van der Waals surface area contributed by atoms with Crippen molar-refractivity contribution in [1.82, 2.24) is 10.4 Å². The van der Waals surface area contributed by atoms with Crippen molar-refractivity contribution in [1.29, 1.82) is 0 Å². The number of rotatable bonds is 6. The van der Waals surface area contributed by atoms with Crippen LogP contribution in [-0.4, -0.2) is 31.2 Å². The lowest BCUT2D eigenvalue weighted by molar-refractivity contribution is -0.131. The molecule has 1 N–H and O–H groups in total. The lowest BCUT2D eigenvalue weighted by atomic mass is 9.95. The standard InChI is InChI=1S/C22H28N2O4/c1-15(2)19-12-18(16(3)11-20(19)27-5)13-21(25)24(4)23-22(26)28-14-17-9-7-6-8-10-17/h6-12,15H,13-14H2,1-5H3,(H,23,26). The molecule has 2 rings (SSSR count). The second-order valence-electron chi connectivity index (χ2n) is 6.98. The van der Waals surface area contributed by atoms with E-state index in [1.807, 2.05) is 49.4 Å². The van der Waals surface area contributed by atoms with Crippen molar-refractivity contribution in [2.45, 2.75) is 39.7 Å². The lowest BCUT2D eigenvalue weighted by Gasteiger charge is -2.20. The highest BCUT2D eigenvalue weighted by Gasteiger charge is 2.17. The molecule has 0 fully saturated rings. The predicted molar refractivity (Wildman–Crippen MR) is 108 cm³/mol. The van der Waals surface area contributed by atoms with Crippen LogP contribution in [0.1, 0.15) is 42.0 Å². The van der Waals surface area contributed by atoms with Crippen LogP contribution < -0.4 is 10.2 Å². The Morgan fingerprint density at radius 2 is 1.82 bits per heavy atom. The van der Waals surface area contributed by atoms with Crippen molar-refractivity contribution in [3.8, 4) is 5.75 Å². The van der Waals surface area contributed by atoms with E-state index in [0.717, 1.165) is 33.0 Å². The van der Waals surface area contributed by atoms with E-state index in [1.165, 1.54) is 7.05 Å². The normalized spacial score (nSPS) is 10.5. The lowest BCUT2D eigenvalue weighted by Crippen LogP contribution is -2.44. The molecule has 0 aromatic heterocycles. The van der Waals surface area contributed by atoms with Gasteiger partial charge in [-0.05, 0) is 41.2 Å². The number of ether oxygens (including phenoxy) is 2. The molecule has 0 aliphatic heterocycles. The van der Waals surface area contributed by atoms with Gasteiger partial charge in [-0.3, -0.25) is 9.80 Å². The monoisotopic (exact) mass is 384 g/mol. The van der Waals surface area contributed by atoms with E-state index in [1.54, 1.807) is 7.11 Å². The zero-order chi connectivity index (χ0) is 20.7. The summed E-state index contributed by atoms with van der Waals surface area (Å²) < 4.78 is 10.6. The minimum Gasteiger partial charge on any atom is -0.496 e. The van der Waals surface area contributed by atoms with Gasteiger partial charge in [0.25, 0.3) is 0 Å². The molecular weight excluding hydrogens is 356 g/mol. The van der Waals surface area contributed by atoms with Gasteiger partial charge < -0.3 is 9.47 Å². The molecule has 0 unspecified atom stereocenters. The smallest absolute Gasteiger partial charge is 0.426 e. The molecule has 0 aliphatic carbocycles. The van der Waals surface area contributed by atoms with E-state index in [0.29, 0.717) is 0 Å². The Morgan fingerprint density at radius 1 is 1.14 bits per heavy atom. The quantitative estimate of drug-likeness (QED) is 0.765. The maximum absolute atomic E-state index is 12.5. The first kappa shape index (κ1) is 21.3. The number of nitrogens with one attached hydrogen (secondary N) is 1. The van der Waals surface area contributed by atoms with Crippen LogP contribution in [0.2, 0.25) is 0 Å². The van der Waals surface area contributed by atoms with Gasteiger partial charge in [0.2, 0.25) is 5.91 Å². The van der Waals surface area contributed by atoms with Crippen LogP contribution in [0.15, 0.2) is 42.5 Å². The molecule has 6 nitrogen and oxygen atoms in total. The Bertz CT molecular complexity index is 819. The Hall–Kier alpha value is -3.02. The fourth-order valence-electron chi connectivity index (χ4n) is 2.80. The number of hydrazine groups is 1. The number of benzene rings is 2. The fourth-order valence-corrected chi connectivity index (χ4v) is 2.80. The number of likely N-dealkylation sites (N-methyl/N-ethyl adjacent to an activating group) is 1. The van der Waals surface area contributed by atoms with E-state index in [4.69, 9.17) is 9.47 Å². The van der Waals surface area contributed by atoms with Crippen LogP contribution >= 0.6 is 0 Å². The number of methoxy groups -OCH3 is 1. The number of amides is 2. The van der Waals surface area contributed by atoms with Gasteiger partial charge in [0.1, 0.15) is 12.4 Å². The average Bonchev–Trinajstić information content (AvgIpc) is 2.68. The molecule has 150 valence electrons. The van der Waals surface area contributed by atoms with Crippen LogP contribution in [0.3, 0.4) is 0 Å². The van der Waals surface area contributed by atoms with Gasteiger partial charge >= 0.3 is 6.09 Å². The molecular formula is C22H28N2O4. The second-order valence-corrected chi connectivity index (χ2v) is 6.98. The third-order valence-electron chi connectivity index (χ3n) is 4.50. The van der Waals surface area contributed by atoms with Gasteiger partial charge in [0.05, 0.1) is 13.5 Å². The molecule has 0 bridgehead atoms. The van der Waals surface area contributed by atoms with Gasteiger partial charge in [-0.1, -0.05) is 50.2 Å². The van der Waals surface area contributed by atoms with Crippen LogP contribution in [0.4, 0.5) is 4.79 Å². The Balaban J connectivity index is 1.96. The first-order valence-corrected chi connectivity index (χ1v) is 9.23. The molecule has 2 aromatic rings.